The average Bonchev–Trinajstić information content (AvgIpc) is 2.36. The Balaban J connectivity index is 2.40. The van der Waals surface area contributed by atoms with Gasteiger partial charge in [0.25, 0.3) is 0 Å². The Morgan fingerprint density at radius 3 is 2.20 bits per heavy atom. The highest BCUT2D eigenvalue weighted by Crippen LogP contribution is 2.18. The highest BCUT2D eigenvalue weighted by atomic mass is 16.5. The lowest BCUT2D eigenvalue weighted by atomic mass is 10.0. The molecule has 5 heteroatoms. The second-order valence-corrected chi connectivity index (χ2v) is 5.18. The van der Waals surface area contributed by atoms with E-state index in [-0.39, 0.29) is 18.6 Å². The molecule has 0 bridgehead atoms. The predicted octanol–water partition coefficient (Wildman–Crippen LogP) is 2.42. The third-order valence-corrected chi connectivity index (χ3v) is 2.59. The third kappa shape index (κ3) is 5.73. The number of amides is 2. The molecule has 0 atom stereocenters. The van der Waals surface area contributed by atoms with Gasteiger partial charge in [0, 0.05) is 6.04 Å². The topological polar surface area (TPSA) is 67.4 Å². The maximum Gasteiger partial charge on any atom is 0.330 e. The van der Waals surface area contributed by atoms with Crippen LogP contribution in [0.5, 0.6) is 5.75 Å². The Hall–Kier alpha value is -2.04. The van der Waals surface area contributed by atoms with Crippen LogP contribution < -0.4 is 15.4 Å². The lowest BCUT2D eigenvalue weighted by Gasteiger charge is -2.10. The van der Waals surface area contributed by atoms with Gasteiger partial charge in [-0.25, -0.2) is 9.59 Å². The van der Waals surface area contributed by atoms with Crippen molar-refractivity contribution in [1.82, 2.24) is 10.6 Å². The Kier molecular flexibility index (Phi) is 6.03. The Morgan fingerprint density at radius 2 is 1.70 bits per heavy atom. The van der Waals surface area contributed by atoms with Crippen LogP contribution in [0.2, 0.25) is 0 Å². The standard InChI is InChI=1S/C15H22N2O3/c1-10(2)12-5-7-13(8-6-12)20-14(18)9-16-15(19)17-11(3)4/h5-8,10-11H,9H2,1-4H3,(H2,16,17,19). The van der Waals surface area contributed by atoms with Gasteiger partial charge in [0.05, 0.1) is 0 Å². The van der Waals surface area contributed by atoms with E-state index >= 15 is 0 Å². The van der Waals surface area contributed by atoms with Crippen molar-refractivity contribution in [2.24, 2.45) is 0 Å². The Bertz CT molecular complexity index is 453. The Morgan fingerprint density at radius 1 is 1.10 bits per heavy atom. The monoisotopic (exact) mass is 278 g/mol. The molecule has 1 aromatic rings. The van der Waals surface area contributed by atoms with E-state index < -0.39 is 5.97 Å². The van der Waals surface area contributed by atoms with Crippen molar-refractivity contribution in [2.75, 3.05) is 6.54 Å². The summed E-state index contributed by atoms with van der Waals surface area (Å²) in [6, 6.07) is 6.99. The molecule has 2 N–H and O–H groups in total. The number of hydrogen-bond acceptors (Lipinski definition) is 3. The van der Waals surface area contributed by atoms with Gasteiger partial charge in [-0.05, 0) is 37.5 Å². The van der Waals surface area contributed by atoms with Crippen LogP contribution in [-0.2, 0) is 4.79 Å². The van der Waals surface area contributed by atoms with Crippen molar-refractivity contribution in [2.45, 2.75) is 39.7 Å². The largest absolute Gasteiger partial charge is 0.425 e. The lowest BCUT2D eigenvalue weighted by molar-refractivity contribution is -0.133. The fourth-order valence-electron chi connectivity index (χ4n) is 1.55. The van der Waals surface area contributed by atoms with Crippen molar-refractivity contribution in [3.63, 3.8) is 0 Å². The molecular formula is C15H22N2O3. The number of urea groups is 1. The summed E-state index contributed by atoms with van der Waals surface area (Å²) in [4.78, 5) is 22.9. The molecule has 1 aromatic carbocycles. The first-order valence-corrected chi connectivity index (χ1v) is 6.73. The van der Waals surface area contributed by atoms with Crippen LogP contribution in [0.25, 0.3) is 0 Å². The zero-order chi connectivity index (χ0) is 15.1. The van der Waals surface area contributed by atoms with E-state index in [0.29, 0.717) is 11.7 Å². The molecule has 20 heavy (non-hydrogen) atoms. The maximum atomic E-state index is 11.6. The summed E-state index contributed by atoms with van der Waals surface area (Å²) in [5.74, 6) is 0.410. The van der Waals surface area contributed by atoms with Crippen LogP contribution in [0, 0.1) is 0 Å². The highest BCUT2D eigenvalue weighted by Gasteiger charge is 2.08. The fourth-order valence-corrected chi connectivity index (χ4v) is 1.55. The van der Waals surface area contributed by atoms with Crippen molar-refractivity contribution in [3.8, 4) is 5.75 Å². The summed E-state index contributed by atoms with van der Waals surface area (Å²) in [7, 11) is 0. The molecule has 0 heterocycles. The van der Waals surface area contributed by atoms with Gasteiger partial charge in [0.1, 0.15) is 12.3 Å². The van der Waals surface area contributed by atoms with Crippen LogP contribution >= 0.6 is 0 Å². The van der Waals surface area contributed by atoms with E-state index in [4.69, 9.17) is 4.74 Å². The predicted molar refractivity (Wildman–Crippen MR) is 77.8 cm³/mol. The number of esters is 1. The average molecular weight is 278 g/mol. The van der Waals surface area contributed by atoms with E-state index in [0.717, 1.165) is 0 Å². The first kappa shape index (κ1) is 16.0. The Labute approximate surface area is 119 Å². The normalized spacial score (nSPS) is 10.5. The highest BCUT2D eigenvalue weighted by molar-refractivity contribution is 5.81. The van der Waals surface area contributed by atoms with Crippen LogP contribution in [0.4, 0.5) is 4.79 Å². The first-order chi connectivity index (χ1) is 9.38. The van der Waals surface area contributed by atoms with Crippen molar-refractivity contribution in [1.29, 1.82) is 0 Å². The SMILES string of the molecule is CC(C)NC(=O)NCC(=O)Oc1ccc(C(C)C)cc1. The number of nitrogens with one attached hydrogen (secondary N) is 2. The number of ether oxygens (including phenoxy) is 1. The quantitative estimate of drug-likeness (QED) is 0.642. The van der Waals surface area contributed by atoms with Gasteiger partial charge in [-0.15, -0.1) is 0 Å². The summed E-state index contributed by atoms with van der Waals surface area (Å²) in [5.41, 5.74) is 1.18. The van der Waals surface area contributed by atoms with Crippen molar-refractivity contribution >= 4 is 12.0 Å². The maximum absolute atomic E-state index is 11.6. The summed E-state index contributed by atoms with van der Waals surface area (Å²) >= 11 is 0. The molecule has 0 saturated heterocycles. The molecular weight excluding hydrogens is 256 g/mol. The van der Waals surface area contributed by atoms with Crippen LogP contribution in [0.15, 0.2) is 24.3 Å². The number of carbonyl (C=O) groups excluding carboxylic acids is 2. The molecule has 5 nitrogen and oxygen atoms in total. The van der Waals surface area contributed by atoms with E-state index in [1.807, 2.05) is 26.0 Å². The fraction of sp³-hybridized carbons (Fsp3) is 0.467. The smallest absolute Gasteiger partial charge is 0.330 e. The molecule has 0 aliphatic carbocycles. The zero-order valence-corrected chi connectivity index (χ0v) is 12.4. The number of hydrogen-bond donors (Lipinski definition) is 2. The number of benzene rings is 1. The summed E-state index contributed by atoms with van der Waals surface area (Å²) < 4.78 is 5.12. The van der Waals surface area contributed by atoms with Crippen molar-refractivity contribution in [3.05, 3.63) is 29.8 Å². The van der Waals surface area contributed by atoms with Gasteiger partial charge in [0.2, 0.25) is 0 Å². The molecule has 0 aliphatic rings. The van der Waals surface area contributed by atoms with Gasteiger partial charge in [-0.2, -0.15) is 0 Å². The van der Waals surface area contributed by atoms with E-state index in [1.165, 1.54) is 5.56 Å². The van der Waals surface area contributed by atoms with E-state index in [9.17, 15) is 9.59 Å². The molecule has 110 valence electrons. The minimum Gasteiger partial charge on any atom is -0.425 e. The lowest BCUT2D eigenvalue weighted by Crippen LogP contribution is -2.42. The van der Waals surface area contributed by atoms with E-state index in [1.54, 1.807) is 12.1 Å². The first-order valence-electron chi connectivity index (χ1n) is 6.73. The molecule has 1 rings (SSSR count). The summed E-state index contributed by atoms with van der Waals surface area (Å²) in [6.45, 7) is 7.71. The van der Waals surface area contributed by atoms with Gasteiger partial charge < -0.3 is 15.4 Å². The molecule has 0 saturated carbocycles. The minimum atomic E-state index is -0.499. The minimum absolute atomic E-state index is 0.0228. The van der Waals surface area contributed by atoms with Crippen LogP contribution in [-0.4, -0.2) is 24.6 Å². The van der Waals surface area contributed by atoms with Gasteiger partial charge in [-0.3, -0.25) is 0 Å². The zero-order valence-electron chi connectivity index (χ0n) is 12.4. The summed E-state index contributed by atoms with van der Waals surface area (Å²) in [6.07, 6.45) is 0. The molecule has 2 amide bonds. The van der Waals surface area contributed by atoms with Crippen LogP contribution in [0.1, 0.15) is 39.2 Å². The molecule has 0 radical (unpaired) electrons. The number of rotatable bonds is 5. The van der Waals surface area contributed by atoms with E-state index in [2.05, 4.69) is 24.5 Å². The molecule has 0 aromatic heterocycles. The van der Waals surface area contributed by atoms with Gasteiger partial charge in [0.15, 0.2) is 0 Å². The number of carbonyl (C=O) groups is 2. The molecule has 0 spiro atoms. The second kappa shape index (κ2) is 7.53. The molecule has 0 aliphatic heterocycles. The summed E-state index contributed by atoms with van der Waals surface area (Å²) in [5, 5.41) is 5.06. The second-order valence-electron chi connectivity index (χ2n) is 5.18. The molecule has 0 fully saturated rings. The van der Waals surface area contributed by atoms with Gasteiger partial charge in [-0.1, -0.05) is 26.0 Å². The van der Waals surface area contributed by atoms with Crippen molar-refractivity contribution < 1.29 is 14.3 Å². The molecule has 0 unspecified atom stereocenters. The van der Waals surface area contributed by atoms with Gasteiger partial charge >= 0.3 is 12.0 Å². The van der Waals surface area contributed by atoms with Crippen LogP contribution in [0.3, 0.4) is 0 Å². The third-order valence-electron chi connectivity index (χ3n) is 2.59.